The lowest BCUT2D eigenvalue weighted by Crippen LogP contribution is -2.47. The number of halogens is 3. The third-order valence-electron chi connectivity index (χ3n) is 7.42. The van der Waals surface area contributed by atoms with Crippen LogP contribution in [0.15, 0.2) is 48.7 Å². The molecule has 0 aliphatic rings. The second-order valence-corrected chi connectivity index (χ2v) is 13.3. The van der Waals surface area contributed by atoms with Crippen molar-refractivity contribution in [1.82, 2.24) is 20.5 Å². The maximum absolute atomic E-state index is 13.9. The minimum absolute atomic E-state index is 0.0360. The standard InChI is InChI=1S/C35H44ClF2N5O7/c1-21(2)30(42-34(47)50-35(3,4)5)31(44)48-15-8-7-11-26(43(6)32(45)40-19-23-10-9-12-27(38)29(23)36)20-49-33(46)41-28-17-24-16-25(37)14-13-22(24)18-39-28/h9-10,12-14,16-18,21,26,30H,7-8,11,15,19-20H2,1-6H3,(H,40,45)(H,42,47)(H,39,41,46)/t26-,30-/m0/s1. The number of rotatable bonds is 14. The monoisotopic (exact) mass is 719 g/mol. The van der Waals surface area contributed by atoms with E-state index in [4.69, 9.17) is 25.8 Å². The van der Waals surface area contributed by atoms with Crippen molar-refractivity contribution < 1.29 is 42.2 Å². The van der Waals surface area contributed by atoms with E-state index in [-0.39, 0.29) is 36.5 Å². The van der Waals surface area contributed by atoms with Gasteiger partial charge in [0.15, 0.2) is 0 Å². The van der Waals surface area contributed by atoms with Crippen LogP contribution >= 0.6 is 11.6 Å². The average Bonchev–Trinajstić information content (AvgIpc) is 3.03. The molecule has 0 saturated carbocycles. The maximum Gasteiger partial charge on any atom is 0.412 e. The number of unbranched alkanes of at least 4 members (excludes halogenated alkanes) is 1. The molecule has 3 aromatic rings. The molecular formula is C35H44ClF2N5O7. The first-order chi connectivity index (χ1) is 23.5. The van der Waals surface area contributed by atoms with Gasteiger partial charge in [-0.15, -0.1) is 0 Å². The Morgan fingerprint density at radius 2 is 1.72 bits per heavy atom. The second-order valence-electron chi connectivity index (χ2n) is 13.0. The Balaban J connectivity index is 1.59. The summed E-state index contributed by atoms with van der Waals surface area (Å²) in [6.45, 7) is 8.45. The van der Waals surface area contributed by atoms with Crippen molar-refractivity contribution >= 4 is 52.4 Å². The van der Waals surface area contributed by atoms with Crippen molar-refractivity contribution in [3.63, 3.8) is 0 Å². The normalized spacial score (nSPS) is 12.5. The van der Waals surface area contributed by atoms with Gasteiger partial charge in [-0.25, -0.2) is 32.9 Å². The molecule has 0 aliphatic carbocycles. The van der Waals surface area contributed by atoms with E-state index in [2.05, 4.69) is 20.9 Å². The molecule has 1 aromatic heterocycles. The van der Waals surface area contributed by atoms with E-state index >= 15 is 0 Å². The van der Waals surface area contributed by atoms with Crippen LogP contribution in [0.4, 0.5) is 29.0 Å². The number of aromatic nitrogens is 1. The molecule has 0 saturated heterocycles. The van der Waals surface area contributed by atoms with E-state index < -0.39 is 53.5 Å². The van der Waals surface area contributed by atoms with Crippen LogP contribution in [0.3, 0.4) is 0 Å². The first-order valence-corrected chi connectivity index (χ1v) is 16.5. The van der Waals surface area contributed by atoms with Crippen LogP contribution in [0.2, 0.25) is 5.02 Å². The van der Waals surface area contributed by atoms with Gasteiger partial charge in [-0.05, 0) is 87.2 Å². The fraction of sp³-hybridized carbons (Fsp3) is 0.457. The van der Waals surface area contributed by atoms with Crippen LogP contribution in [0.5, 0.6) is 0 Å². The molecule has 12 nitrogen and oxygen atoms in total. The van der Waals surface area contributed by atoms with Crippen molar-refractivity contribution in [3.8, 4) is 0 Å². The predicted octanol–water partition coefficient (Wildman–Crippen LogP) is 7.19. The second kappa shape index (κ2) is 18.3. The number of hydrogen-bond acceptors (Lipinski definition) is 8. The lowest BCUT2D eigenvalue weighted by atomic mass is 10.1. The van der Waals surface area contributed by atoms with Crippen molar-refractivity contribution in [2.24, 2.45) is 5.92 Å². The number of fused-ring (bicyclic) bond motifs is 1. The summed E-state index contributed by atoms with van der Waals surface area (Å²) in [4.78, 5) is 56.3. The van der Waals surface area contributed by atoms with Crippen LogP contribution in [-0.4, -0.2) is 72.0 Å². The summed E-state index contributed by atoms with van der Waals surface area (Å²) in [5, 5.41) is 8.86. The molecule has 15 heteroatoms. The number of alkyl carbamates (subject to hydrolysis) is 1. The number of likely N-dealkylation sites (N-methyl/N-ethyl adjacent to an activating group) is 1. The lowest BCUT2D eigenvalue weighted by Gasteiger charge is -2.28. The third kappa shape index (κ3) is 12.6. The fourth-order valence-electron chi connectivity index (χ4n) is 4.70. The molecule has 2 aromatic carbocycles. The van der Waals surface area contributed by atoms with Gasteiger partial charge in [-0.3, -0.25) is 5.32 Å². The van der Waals surface area contributed by atoms with E-state index in [9.17, 15) is 28.0 Å². The number of carbonyl (C=O) groups is 4. The summed E-state index contributed by atoms with van der Waals surface area (Å²) in [7, 11) is 1.52. The minimum Gasteiger partial charge on any atom is -0.464 e. The molecule has 0 aliphatic heterocycles. The van der Waals surface area contributed by atoms with E-state index in [0.717, 1.165) is 0 Å². The third-order valence-corrected chi connectivity index (χ3v) is 7.84. The van der Waals surface area contributed by atoms with Crippen LogP contribution in [0, 0.1) is 17.6 Å². The molecule has 4 amide bonds. The molecule has 1 heterocycles. The molecule has 272 valence electrons. The Bertz CT molecular complexity index is 1650. The topological polar surface area (TPSA) is 148 Å². The van der Waals surface area contributed by atoms with Crippen LogP contribution in [0.25, 0.3) is 10.8 Å². The fourth-order valence-corrected chi connectivity index (χ4v) is 4.90. The molecule has 50 heavy (non-hydrogen) atoms. The van der Waals surface area contributed by atoms with E-state index in [1.54, 1.807) is 46.8 Å². The summed E-state index contributed by atoms with van der Waals surface area (Å²) in [6, 6.07) is 7.89. The van der Waals surface area contributed by atoms with Gasteiger partial charge in [-0.1, -0.05) is 37.6 Å². The van der Waals surface area contributed by atoms with Gasteiger partial charge in [0.1, 0.15) is 35.7 Å². The van der Waals surface area contributed by atoms with Crippen molar-refractivity contribution in [2.75, 3.05) is 25.6 Å². The molecule has 0 fully saturated rings. The van der Waals surface area contributed by atoms with E-state index in [1.165, 1.54) is 48.5 Å². The number of urea groups is 1. The molecule has 0 unspecified atom stereocenters. The summed E-state index contributed by atoms with van der Waals surface area (Å²) < 4.78 is 43.7. The van der Waals surface area contributed by atoms with Crippen molar-refractivity contribution in [3.05, 3.63) is 70.9 Å². The van der Waals surface area contributed by atoms with Crippen LogP contribution in [-0.2, 0) is 25.5 Å². The smallest absolute Gasteiger partial charge is 0.412 e. The zero-order chi connectivity index (χ0) is 37.0. The zero-order valence-corrected chi connectivity index (χ0v) is 29.7. The van der Waals surface area contributed by atoms with E-state index in [1.807, 2.05) is 0 Å². The molecule has 2 atom stereocenters. The molecule has 3 rings (SSSR count). The highest BCUT2D eigenvalue weighted by atomic mass is 35.5. The summed E-state index contributed by atoms with van der Waals surface area (Å²) in [5.74, 6) is -1.78. The highest BCUT2D eigenvalue weighted by molar-refractivity contribution is 6.31. The minimum atomic E-state index is -0.915. The van der Waals surface area contributed by atoms with Crippen molar-refractivity contribution in [2.45, 2.75) is 78.1 Å². The number of benzene rings is 2. The quantitative estimate of drug-likeness (QED) is 0.0901. The van der Waals surface area contributed by atoms with Crippen LogP contribution < -0.4 is 16.0 Å². The number of nitrogens with zero attached hydrogens (tertiary/aromatic N) is 2. The van der Waals surface area contributed by atoms with Gasteiger partial charge in [0.05, 0.1) is 17.7 Å². The SMILES string of the molecule is CC(C)[C@H](NC(=O)OC(C)(C)C)C(=O)OCCCC[C@@H](COC(=O)Nc1cc2cc(F)ccc2cn1)N(C)C(=O)NCc1cccc(F)c1Cl. The molecule has 3 N–H and O–H groups in total. The van der Waals surface area contributed by atoms with Gasteiger partial charge < -0.3 is 29.7 Å². The Hall–Kier alpha value is -4.72. The first-order valence-electron chi connectivity index (χ1n) is 16.1. The number of nitrogens with one attached hydrogen (secondary N) is 3. The molecule has 0 radical (unpaired) electrons. The Kier molecular flexibility index (Phi) is 14.6. The number of pyridine rings is 1. The first kappa shape index (κ1) is 39.7. The molecular weight excluding hydrogens is 676 g/mol. The number of carbonyl (C=O) groups excluding carboxylic acids is 4. The highest BCUT2D eigenvalue weighted by Gasteiger charge is 2.28. The zero-order valence-electron chi connectivity index (χ0n) is 29.0. The number of ether oxygens (including phenoxy) is 3. The number of amides is 4. The van der Waals surface area contributed by atoms with Gasteiger partial charge >= 0.3 is 24.2 Å². The lowest BCUT2D eigenvalue weighted by molar-refractivity contribution is -0.147. The highest BCUT2D eigenvalue weighted by Crippen LogP contribution is 2.20. The molecule has 0 spiro atoms. The van der Waals surface area contributed by atoms with Gasteiger partial charge in [0.25, 0.3) is 0 Å². The summed E-state index contributed by atoms with van der Waals surface area (Å²) in [5.41, 5.74) is -0.354. The van der Waals surface area contributed by atoms with Gasteiger partial charge in [0, 0.05) is 25.2 Å². The van der Waals surface area contributed by atoms with Gasteiger partial charge in [0.2, 0.25) is 0 Å². The van der Waals surface area contributed by atoms with E-state index in [0.29, 0.717) is 35.6 Å². The largest absolute Gasteiger partial charge is 0.464 e. The number of anilines is 1. The Morgan fingerprint density at radius 1 is 0.980 bits per heavy atom. The number of hydrogen-bond donors (Lipinski definition) is 3. The van der Waals surface area contributed by atoms with Gasteiger partial charge in [-0.2, -0.15) is 0 Å². The Morgan fingerprint density at radius 3 is 2.42 bits per heavy atom. The summed E-state index contributed by atoms with van der Waals surface area (Å²) >= 11 is 6.03. The summed E-state index contributed by atoms with van der Waals surface area (Å²) in [6.07, 6.45) is 1.11. The number of esters is 1. The molecule has 0 bridgehead atoms. The van der Waals surface area contributed by atoms with Crippen LogP contribution in [0.1, 0.15) is 59.4 Å². The maximum atomic E-state index is 13.9. The van der Waals surface area contributed by atoms with Crippen molar-refractivity contribution in [1.29, 1.82) is 0 Å². The predicted molar refractivity (Wildman–Crippen MR) is 185 cm³/mol. The average molecular weight is 720 g/mol. The Labute approximate surface area is 295 Å².